The summed E-state index contributed by atoms with van der Waals surface area (Å²) in [6.07, 6.45) is 1.29. The Kier molecular flexibility index (Phi) is 2.99. The molecule has 0 amide bonds. The van der Waals surface area contributed by atoms with E-state index in [1.807, 2.05) is 0 Å². The van der Waals surface area contributed by atoms with Gasteiger partial charge in [-0.25, -0.2) is 4.98 Å². The summed E-state index contributed by atoms with van der Waals surface area (Å²) >= 11 is 0. The lowest BCUT2D eigenvalue weighted by Crippen LogP contribution is -2.37. The SMILES string of the molecule is CN(CC(C)(C)O)c1nc[nH]c(=O)c1N. The van der Waals surface area contributed by atoms with Gasteiger partial charge in [-0.15, -0.1) is 0 Å². The number of aromatic nitrogens is 2. The highest BCUT2D eigenvalue weighted by molar-refractivity contribution is 5.60. The van der Waals surface area contributed by atoms with Crippen molar-refractivity contribution in [1.82, 2.24) is 9.97 Å². The van der Waals surface area contributed by atoms with Crippen molar-refractivity contribution in [1.29, 1.82) is 0 Å². The number of hydrogen-bond acceptors (Lipinski definition) is 5. The highest BCUT2D eigenvalue weighted by atomic mass is 16.3. The van der Waals surface area contributed by atoms with Crippen molar-refractivity contribution < 1.29 is 5.11 Å². The number of likely N-dealkylation sites (N-methyl/N-ethyl adjacent to an activating group) is 1. The summed E-state index contributed by atoms with van der Waals surface area (Å²) in [5.74, 6) is 0.376. The molecule has 0 saturated carbocycles. The number of anilines is 2. The molecule has 0 spiro atoms. The van der Waals surface area contributed by atoms with Gasteiger partial charge in [0.1, 0.15) is 5.69 Å². The molecule has 1 heterocycles. The molecule has 0 unspecified atom stereocenters. The average Bonchev–Trinajstić information content (AvgIpc) is 2.06. The molecule has 0 aliphatic rings. The second kappa shape index (κ2) is 3.90. The van der Waals surface area contributed by atoms with Crippen LogP contribution in [0.4, 0.5) is 11.5 Å². The monoisotopic (exact) mass is 212 g/mol. The van der Waals surface area contributed by atoms with Crippen LogP contribution < -0.4 is 16.2 Å². The molecule has 0 aliphatic heterocycles. The molecule has 0 atom stereocenters. The zero-order valence-electron chi connectivity index (χ0n) is 9.11. The Hall–Kier alpha value is -1.56. The van der Waals surface area contributed by atoms with Gasteiger partial charge in [-0.05, 0) is 13.8 Å². The molecule has 0 fully saturated rings. The van der Waals surface area contributed by atoms with Gasteiger partial charge >= 0.3 is 0 Å². The summed E-state index contributed by atoms with van der Waals surface area (Å²) in [5, 5.41) is 9.61. The van der Waals surface area contributed by atoms with Crippen LogP contribution in [0.25, 0.3) is 0 Å². The second-order valence-electron chi connectivity index (χ2n) is 4.14. The zero-order valence-corrected chi connectivity index (χ0v) is 9.11. The first-order valence-corrected chi connectivity index (χ1v) is 4.58. The minimum absolute atomic E-state index is 0.0595. The van der Waals surface area contributed by atoms with E-state index < -0.39 is 5.60 Å². The molecular weight excluding hydrogens is 196 g/mol. The Morgan fingerprint density at radius 2 is 2.27 bits per heavy atom. The Morgan fingerprint density at radius 3 is 2.80 bits per heavy atom. The number of aliphatic hydroxyl groups is 1. The first-order chi connectivity index (χ1) is 6.81. The molecule has 1 rings (SSSR count). The van der Waals surface area contributed by atoms with Crippen LogP contribution in [-0.2, 0) is 0 Å². The summed E-state index contributed by atoms with van der Waals surface area (Å²) in [6, 6.07) is 0. The number of nitrogen functional groups attached to an aromatic ring is 1. The number of nitrogens with two attached hydrogens (primary N) is 1. The maximum absolute atomic E-state index is 11.2. The fourth-order valence-corrected chi connectivity index (χ4v) is 1.36. The van der Waals surface area contributed by atoms with E-state index in [-0.39, 0.29) is 11.2 Å². The molecule has 0 aliphatic carbocycles. The molecule has 1 aromatic rings. The first kappa shape index (κ1) is 11.5. The Morgan fingerprint density at radius 1 is 1.67 bits per heavy atom. The first-order valence-electron chi connectivity index (χ1n) is 4.58. The topological polar surface area (TPSA) is 95.2 Å². The van der Waals surface area contributed by atoms with Crippen molar-refractivity contribution in [2.75, 3.05) is 24.2 Å². The van der Waals surface area contributed by atoms with Crippen molar-refractivity contribution in [2.24, 2.45) is 0 Å². The maximum Gasteiger partial charge on any atom is 0.276 e. The number of nitrogens with one attached hydrogen (secondary N) is 1. The lowest BCUT2D eigenvalue weighted by molar-refractivity contribution is 0.0885. The van der Waals surface area contributed by atoms with Crippen LogP contribution in [0.3, 0.4) is 0 Å². The van der Waals surface area contributed by atoms with Gasteiger partial charge in [-0.1, -0.05) is 0 Å². The number of hydrogen-bond donors (Lipinski definition) is 3. The second-order valence-corrected chi connectivity index (χ2v) is 4.14. The van der Waals surface area contributed by atoms with Crippen LogP contribution >= 0.6 is 0 Å². The van der Waals surface area contributed by atoms with Gasteiger partial charge in [0.15, 0.2) is 5.82 Å². The molecule has 0 saturated heterocycles. The van der Waals surface area contributed by atoms with Gasteiger partial charge < -0.3 is 20.7 Å². The smallest absolute Gasteiger partial charge is 0.276 e. The molecule has 4 N–H and O–H groups in total. The Bertz CT molecular complexity index is 394. The zero-order chi connectivity index (χ0) is 11.6. The van der Waals surface area contributed by atoms with E-state index in [0.29, 0.717) is 12.4 Å². The van der Waals surface area contributed by atoms with Crippen molar-refractivity contribution in [3.63, 3.8) is 0 Å². The van der Waals surface area contributed by atoms with E-state index in [4.69, 9.17) is 5.73 Å². The highest BCUT2D eigenvalue weighted by Crippen LogP contribution is 2.15. The standard InChI is InChI=1S/C9H16N4O2/c1-9(2,15)4-13(3)7-6(10)8(14)12-5-11-7/h5,15H,4,10H2,1-3H3,(H,11,12,14). The van der Waals surface area contributed by atoms with Crippen molar-refractivity contribution in [3.8, 4) is 0 Å². The van der Waals surface area contributed by atoms with E-state index in [9.17, 15) is 9.90 Å². The predicted octanol–water partition coefficient (Wildman–Crippen LogP) is -0.441. The van der Waals surface area contributed by atoms with Crippen LogP contribution in [0.1, 0.15) is 13.8 Å². The van der Waals surface area contributed by atoms with E-state index in [2.05, 4.69) is 9.97 Å². The fourth-order valence-electron chi connectivity index (χ4n) is 1.36. The predicted molar refractivity (Wildman–Crippen MR) is 58.8 cm³/mol. The minimum atomic E-state index is -0.870. The summed E-state index contributed by atoms with van der Waals surface area (Å²) in [4.78, 5) is 19.2. The van der Waals surface area contributed by atoms with Crippen molar-refractivity contribution in [2.45, 2.75) is 19.4 Å². The third-order valence-electron chi connectivity index (χ3n) is 1.85. The maximum atomic E-state index is 11.2. The normalized spacial score (nSPS) is 11.5. The van der Waals surface area contributed by atoms with Gasteiger partial charge in [0.2, 0.25) is 0 Å². The number of H-pyrrole nitrogens is 1. The van der Waals surface area contributed by atoms with Gasteiger partial charge in [0.25, 0.3) is 5.56 Å². The van der Waals surface area contributed by atoms with Crippen molar-refractivity contribution >= 4 is 11.5 Å². The van der Waals surface area contributed by atoms with Crippen LogP contribution in [0.15, 0.2) is 11.1 Å². The molecule has 84 valence electrons. The van der Waals surface area contributed by atoms with E-state index in [0.717, 1.165) is 0 Å². The summed E-state index contributed by atoms with van der Waals surface area (Å²) < 4.78 is 0. The van der Waals surface area contributed by atoms with Crippen molar-refractivity contribution in [3.05, 3.63) is 16.7 Å². The largest absolute Gasteiger partial charge is 0.391 e. The lowest BCUT2D eigenvalue weighted by atomic mass is 10.1. The molecule has 15 heavy (non-hydrogen) atoms. The summed E-state index contributed by atoms with van der Waals surface area (Å²) in [5.41, 5.74) is 4.39. The lowest BCUT2D eigenvalue weighted by Gasteiger charge is -2.26. The number of aromatic amines is 1. The third kappa shape index (κ3) is 2.95. The van der Waals surface area contributed by atoms with E-state index in [1.165, 1.54) is 6.33 Å². The van der Waals surface area contributed by atoms with Gasteiger partial charge in [-0.3, -0.25) is 4.79 Å². The van der Waals surface area contributed by atoms with Gasteiger partial charge in [-0.2, -0.15) is 0 Å². The molecule has 6 nitrogen and oxygen atoms in total. The van der Waals surface area contributed by atoms with Crippen LogP contribution in [0.5, 0.6) is 0 Å². The molecular formula is C9H16N4O2. The quantitative estimate of drug-likeness (QED) is 0.631. The average molecular weight is 212 g/mol. The van der Waals surface area contributed by atoms with Crippen LogP contribution in [0.2, 0.25) is 0 Å². The molecule has 0 bridgehead atoms. The third-order valence-corrected chi connectivity index (χ3v) is 1.85. The minimum Gasteiger partial charge on any atom is -0.391 e. The van der Waals surface area contributed by atoms with Gasteiger partial charge in [0, 0.05) is 13.6 Å². The summed E-state index contributed by atoms with van der Waals surface area (Å²) in [7, 11) is 1.72. The highest BCUT2D eigenvalue weighted by Gasteiger charge is 2.18. The molecule has 1 aromatic heterocycles. The van der Waals surface area contributed by atoms with Gasteiger partial charge in [0.05, 0.1) is 11.9 Å². The summed E-state index contributed by atoms with van der Waals surface area (Å²) in [6.45, 7) is 3.69. The Labute approximate surface area is 87.8 Å². The fraction of sp³-hybridized carbons (Fsp3) is 0.556. The number of rotatable bonds is 3. The Balaban J connectivity index is 2.97. The molecule has 0 radical (unpaired) electrons. The van der Waals surface area contributed by atoms with E-state index >= 15 is 0 Å². The molecule has 0 aromatic carbocycles. The number of nitrogens with zero attached hydrogens (tertiary/aromatic N) is 2. The van der Waals surface area contributed by atoms with Crippen LogP contribution in [0, 0.1) is 0 Å². The molecule has 6 heteroatoms. The van der Waals surface area contributed by atoms with E-state index in [1.54, 1.807) is 25.8 Å². The van der Waals surface area contributed by atoms with Crippen LogP contribution in [-0.4, -0.2) is 34.3 Å².